The van der Waals surface area contributed by atoms with E-state index >= 15 is 0 Å². The molecule has 0 aromatic rings. The molecule has 0 amide bonds. The third-order valence-corrected chi connectivity index (χ3v) is 1.47. The van der Waals surface area contributed by atoms with E-state index in [9.17, 15) is 0 Å². The maximum atomic E-state index is 3.81. The van der Waals surface area contributed by atoms with Gasteiger partial charge in [0.1, 0.15) is 0 Å². The van der Waals surface area contributed by atoms with Crippen molar-refractivity contribution < 1.29 is 0 Å². The number of nitrogens with zero attached hydrogens (tertiary/aromatic N) is 1. The van der Waals surface area contributed by atoms with E-state index in [0.29, 0.717) is 6.04 Å². The zero-order chi connectivity index (χ0) is 8.15. The van der Waals surface area contributed by atoms with Gasteiger partial charge in [0.15, 0.2) is 0 Å². The molecule has 0 unspecified atom stereocenters. The molecule has 2 nitrogen and oxygen atoms in total. The van der Waals surface area contributed by atoms with Crippen molar-refractivity contribution in [3.05, 3.63) is 25.2 Å². The molecule has 0 heterocycles. The highest BCUT2D eigenvalue weighted by Gasteiger charge is 2.02. The highest BCUT2D eigenvalue weighted by molar-refractivity contribution is 4.94. The Morgan fingerprint density at radius 3 is 2.40 bits per heavy atom. The summed E-state index contributed by atoms with van der Waals surface area (Å²) in [5, 5.41) is 2.92. The summed E-state index contributed by atoms with van der Waals surface area (Å²) in [5.41, 5.74) is 0. The van der Waals surface area contributed by atoms with Crippen LogP contribution in [0.2, 0.25) is 0 Å². The predicted octanol–water partition coefficient (Wildman–Crippen LogP) is 1.53. The van der Waals surface area contributed by atoms with E-state index in [1.807, 2.05) is 11.9 Å². The molecule has 0 aromatic carbocycles. The zero-order valence-corrected chi connectivity index (χ0v) is 7.02. The first-order valence-corrected chi connectivity index (χ1v) is 3.38. The summed E-state index contributed by atoms with van der Waals surface area (Å²) in [6.45, 7) is 11.6. The Hall–Kier alpha value is -0.920. The molecule has 0 aliphatic carbocycles. The average molecular weight is 140 g/mol. The van der Waals surface area contributed by atoms with Crippen LogP contribution in [0.15, 0.2) is 25.2 Å². The minimum atomic E-state index is 0.472. The molecule has 2 heteroatoms. The van der Waals surface area contributed by atoms with Crippen LogP contribution in [0.5, 0.6) is 0 Å². The van der Waals surface area contributed by atoms with E-state index in [1.165, 1.54) is 0 Å². The number of rotatable bonds is 4. The Balaban J connectivity index is 3.81. The highest BCUT2D eigenvalue weighted by Crippen LogP contribution is 1.99. The predicted molar refractivity (Wildman–Crippen MR) is 45.4 cm³/mol. The van der Waals surface area contributed by atoms with Crippen LogP contribution in [0.25, 0.3) is 0 Å². The van der Waals surface area contributed by atoms with E-state index in [4.69, 9.17) is 0 Å². The summed E-state index contributed by atoms with van der Waals surface area (Å²) in [5.74, 6) is 0.880. The summed E-state index contributed by atoms with van der Waals surface area (Å²) >= 11 is 0. The van der Waals surface area contributed by atoms with Gasteiger partial charge in [-0.15, -0.1) is 0 Å². The van der Waals surface area contributed by atoms with E-state index in [2.05, 4.69) is 32.3 Å². The molecule has 0 radical (unpaired) electrons. The van der Waals surface area contributed by atoms with Gasteiger partial charge < -0.3 is 10.2 Å². The molecule has 58 valence electrons. The maximum absolute atomic E-state index is 3.81. The second-order valence-electron chi connectivity index (χ2n) is 2.50. The summed E-state index contributed by atoms with van der Waals surface area (Å²) in [6, 6.07) is 0.472. The van der Waals surface area contributed by atoms with Crippen LogP contribution in [-0.2, 0) is 0 Å². The Bertz CT molecular complexity index is 127. The van der Waals surface area contributed by atoms with Gasteiger partial charge in [-0.1, -0.05) is 13.2 Å². The lowest BCUT2D eigenvalue weighted by atomic mass is 10.3. The van der Waals surface area contributed by atoms with Gasteiger partial charge in [0.05, 0.1) is 5.82 Å². The third-order valence-electron chi connectivity index (χ3n) is 1.47. The molecular formula is C8H16N2. The monoisotopic (exact) mass is 140 g/mol. The van der Waals surface area contributed by atoms with Crippen LogP contribution in [0, 0.1) is 0 Å². The van der Waals surface area contributed by atoms with Gasteiger partial charge in [0.25, 0.3) is 0 Å². The van der Waals surface area contributed by atoms with Crippen LogP contribution in [0.4, 0.5) is 0 Å². The normalized spacial score (nSPS) is 9.20. The molecule has 0 bridgehead atoms. The third kappa shape index (κ3) is 2.58. The van der Waals surface area contributed by atoms with Crippen molar-refractivity contribution in [2.45, 2.75) is 19.9 Å². The van der Waals surface area contributed by atoms with Crippen molar-refractivity contribution in [2.75, 3.05) is 7.05 Å². The molecule has 0 aliphatic heterocycles. The molecule has 0 spiro atoms. The zero-order valence-electron chi connectivity index (χ0n) is 7.02. The largest absolute Gasteiger partial charge is 0.359 e. The summed E-state index contributed by atoms with van der Waals surface area (Å²) in [7, 11) is 1.99. The van der Waals surface area contributed by atoms with Crippen molar-refractivity contribution >= 4 is 0 Å². The molecule has 10 heavy (non-hydrogen) atoms. The molecule has 0 rings (SSSR count). The molecular weight excluding hydrogens is 124 g/mol. The van der Waals surface area contributed by atoms with E-state index in [-0.39, 0.29) is 0 Å². The Morgan fingerprint density at radius 2 is 2.10 bits per heavy atom. The topological polar surface area (TPSA) is 15.3 Å². The number of nitrogens with one attached hydrogen (secondary N) is 1. The average Bonchev–Trinajstić information content (AvgIpc) is 1.87. The first-order chi connectivity index (χ1) is 4.59. The fourth-order valence-electron chi connectivity index (χ4n) is 0.531. The summed E-state index contributed by atoms with van der Waals surface area (Å²) in [6.07, 6.45) is 1.63. The quantitative estimate of drug-likeness (QED) is 0.637. The Morgan fingerprint density at radius 1 is 1.60 bits per heavy atom. The molecule has 0 aliphatic rings. The van der Waals surface area contributed by atoms with E-state index in [0.717, 1.165) is 5.82 Å². The molecule has 0 saturated carbocycles. The Labute approximate surface area is 63.2 Å². The van der Waals surface area contributed by atoms with Crippen molar-refractivity contribution in [3.63, 3.8) is 0 Å². The van der Waals surface area contributed by atoms with Crippen molar-refractivity contribution in [2.24, 2.45) is 0 Å². The van der Waals surface area contributed by atoms with Gasteiger partial charge >= 0.3 is 0 Å². The number of hydrogen-bond donors (Lipinski definition) is 1. The van der Waals surface area contributed by atoms with Gasteiger partial charge in [-0.05, 0) is 20.0 Å². The van der Waals surface area contributed by atoms with Crippen LogP contribution >= 0.6 is 0 Å². The molecule has 0 atom stereocenters. The first-order valence-electron chi connectivity index (χ1n) is 3.38. The van der Waals surface area contributed by atoms with Crippen LogP contribution in [0.3, 0.4) is 0 Å². The molecule has 1 N–H and O–H groups in total. The van der Waals surface area contributed by atoms with Crippen LogP contribution in [0.1, 0.15) is 13.8 Å². The van der Waals surface area contributed by atoms with Gasteiger partial charge in [-0.2, -0.15) is 0 Å². The van der Waals surface area contributed by atoms with Gasteiger partial charge in [0, 0.05) is 13.1 Å². The lowest BCUT2D eigenvalue weighted by molar-refractivity contribution is 0.330. The second-order valence-corrected chi connectivity index (χ2v) is 2.50. The fraction of sp³-hybridized carbons (Fsp3) is 0.500. The molecule has 0 fully saturated rings. The van der Waals surface area contributed by atoms with E-state index in [1.54, 1.807) is 6.20 Å². The minimum absolute atomic E-state index is 0.472. The second kappa shape index (κ2) is 3.99. The van der Waals surface area contributed by atoms with Crippen molar-refractivity contribution in [1.29, 1.82) is 0 Å². The maximum Gasteiger partial charge on any atom is 0.0978 e. The van der Waals surface area contributed by atoms with Crippen LogP contribution < -0.4 is 5.32 Å². The highest BCUT2D eigenvalue weighted by atomic mass is 15.2. The van der Waals surface area contributed by atoms with Crippen molar-refractivity contribution in [3.8, 4) is 0 Å². The number of hydrogen-bond acceptors (Lipinski definition) is 2. The lowest BCUT2D eigenvalue weighted by Gasteiger charge is -2.25. The van der Waals surface area contributed by atoms with E-state index < -0.39 is 0 Å². The fourth-order valence-corrected chi connectivity index (χ4v) is 0.531. The smallest absolute Gasteiger partial charge is 0.0978 e. The van der Waals surface area contributed by atoms with Crippen molar-refractivity contribution in [1.82, 2.24) is 10.2 Å². The SMILES string of the molecule is C=CNC(=C)N(C)C(C)C. The Kier molecular flexibility index (Phi) is 3.62. The minimum Gasteiger partial charge on any atom is -0.359 e. The standard InChI is InChI=1S/C8H16N2/c1-6-9-8(4)10(5)7(2)3/h6-7,9H,1,4H2,2-3,5H3. The van der Waals surface area contributed by atoms with Crippen LogP contribution in [-0.4, -0.2) is 18.0 Å². The lowest BCUT2D eigenvalue weighted by Crippen LogP contribution is -2.30. The van der Waals surface area contributed by atoms with Gasteiger partial charge in [-0.3, -0.25) is 0 Å². The first kappa shape index (κ1) is 9.08. The van der Waals surface area contributed by atoms with Gasteiger partial charge in [0.2, 0.25) is 0 Å². The van der Waals surface area contributed by atoms with Gasteiger partial charge in [-0.25, -0.2) is 0 Å². The summed E-state index contributed by atoms with van der Waals surface area (Å²) in [4.78, 5) is 2.04. The molecule has 0 aromatic heterocycles. The summed E-state index contributed by atoms with van der Waals surface area (Å²) < 4.78 is 0. The molecule has 0 saturated heterocycles.